The molecule has 0 saturated carbocycles. The van der Waals surface area contributed by atoms with E-state index in [0.29, 0.717) is 23.6 Å². The molecule has 1 unspecified atom stereocenters. The number of hydrogen-bond acceptors (Lipinski definition) is 5. The summed E-state index contributed by atoms with van der Waals surface area (Å²) in [5.74, 6) is 0.384. The van der Waals surface area contributed by atoms with Gasteiger partial charge in [0.25, 0.3) is 5.91 Å². The van der Waals surface area contributed by atoms with Crippen molar-refractivity contribution in [1.82, 2.24) is 15.2 Å². The predicted octanol–water partition coefficient (Wildman–Crippen LogP) is 5.04. The zero-order valence-electron chi connectivity index (χ0n) is 17.6. The molecule has 0 aliphatic carbocycles. The van der Waals surface area contributed by atoms with Crippen LogP contribution in [0.1, 0.15) is 24.8 Å². The van der Waals surface area contributed by atoms with Crippen molar-refractivity contribution in [1.29, 1.82) is 0 Å². The van der Waals surface area contributed by atoms with Gasteiger partial charge in [-0.15, -0.1) is 0 Å². The van der Waals surface area contributed by atoms with Crippen molar-refractivity contribution < 1.29 is 27.5 Å². The largest absolute Gasteiger partial charge is 0.439 e. The number of benzene rings is 2. The first-order valence-corrected chi connectivity index (χ1v) is 10.5. The molecule has 3 aromatic rings. The summed E-state index contributed by atoms with van der Waals surface area (Å²) in [6.07, 6.45) is 2.30. The van der Waals surface area contributed by atoms with Crippen LogP contribution in [-0.2, 0) is 17.8 Å². The Balaban J connectivity index is 1.39. The third-order valence-electron chi connectivity index (χ3n) is 5.38. The minimum Gasteiger partial charge on any atom is -0.439 e. The highest BCUT2D eigenvalue weighted by atomic mass is 35.5. The van der Waals surface area contributed by atoms with Crippen LogP contribution in [0.25, 0.3) is 11.3 Å². The highest BCUT2D eigenvalue weighted by Crippen LogP contribution is 2.27. The van der Waals surface area contributed by atoms with Crippen LogP contribution in [0.5, 0.6) is 5.75 Å². The van der Waals surface area contributed by atoms with Crippen molar-refractivity contribution in [2.75, 3.05) is 0 Å². The predicted molar refractivity (Wildman–Crippen MR) is 116 cm³/mol. The lowest BCUT2D eigenvalue weighted by Crippen LogP contribution is -2.44. The van der Waals surface area contributed by atoms with Gasteiger partial charge in [0, 0.05) is 10.6 Å². The number of alkyl halides is 2. The van der Waals surface area contributed by atoms with Gasteiger partial charge in [0.15, 0.2) is 5.76 Å². The molecule has 1 saturated heterocycles. The van der Waals surface area contributed by atoms with Gasteiger partial charge >= 0.3 is 12.6 Å². The van der Waals surface area contributed by atoms with Crippen molar-refractivity contribution in [3.05, 3.63) is 71.2 Å². The Morgan fingerprint density at radius 3 is 2.52 bits per heavy atom. The molecular weight excluding hydrogens is 456 g/mol. The van der Waals surface area contributed by atoms with E-state index in [-0.39, 0.29) is 18.2 Å². The van der Waals surface area contributed by atoms with E-state index in [1.54, 1.807) is 43.3 Å². The van der Waals surface area contributed by atoms with E-state index in [2.05, 4.69) is 15.0 Å². The van der Waals surface area contributed by atoms with Gasteiger partial charge in [-0.1, -0.05) is 23.7 Å². The molecular formula is C23H20ClF2N3O4. The number of oxazole rings is 1. The number of hydrogen-bond donors (Lipinski definition) is 1. The highest BCUT2D eigenvalue weighted by Gasteiger charge is 2.47. The molecule has 1 atom stereocenters. The number of aryl methyl sites for hydroxylation is 1. The summed E-state index contributed by atoms with van der Waals surface area (Å²) in [6.45, 7) is -1.35. The van der Waals surface area contributed by atoms with Crippen molar-refractivity contribution in [3.8, 4) is 17.1 Å². The number of rotatable bonds is 8. The van der Waals surface area contributed by atoms with Gasteiger partial charge in [0.2, 0.25) is 5.89 Å². The van der Waals surface area contributed by atoms with Crippen LogP contribution in [-0.4, -0.2) is 34.0 Å². The minimum absolute atomic E-state index is 0.0558. The molecule has 33 heavy (non-hydrogen) atoms. The lowest BCUT2D eigenvalue weighted by Gasteiger charge is -2.21. The lowest BCUT2D eigenvalue weighted by atomic mass is 9.93. The first-order chi connectivity index (χ1) is 15.7. The molecule has 1 aromatic heterocycles. The van der Waals surface area contributed by atoms with Gasteiger partial charge in [-0.2, -0.15) is 8.78 Å². The lowest BCUT2D eigenvalue weighted by molar-refractivity contribution is -0.131. The maximum Gasteiger partial charge on any atom is 0.387 e. The molecule has 2 aromatic carbocycles. The number of carbonyl (C=O) groups excluding carboxylic acids is 2. The second kappa shape index (κ2) is 9.19. The number of carbonyl (C=O) groups is 2. The van der Waals surface area contributed by atoms with E-state index in [9.17, 15) is 18.4 Å². The standard InChI is InChI=1S/C23H20ClF2N3O4/c1-23(11-10-14-2-8-17(9-3-14)32-21(25)26)20(30)29(22(31)28-23)13-19-27-12-18(33-19)15-4-6-16(24)7-5-15/h2-9,12,21H,10-11,13H2,1H3,(H,28,31). The normalized spacial score (nSPS) is 18.2. The minimum atomic E-state index is -2.89. The maximum atomic E-state index is 13.0. The van der Waals surface area contributed by atoms with E-state index in [0.717, 1.165) is 16.0 Å². The van der Waals surface area contributed by atoms with Crippen molar-refractivity contribution in [3.63, 3.8) is 0 Å². The van der Waals surface area contributed by atoms with Crippen LogP contribution < -0.4 is 10.1 Å². The molecule has 172 valence electrons. The number of aromatic nitrogens is 1. The van der Waals surface area contributed by atoms with Gasteiger partial charge < -0.3 is 14.5 Å². The summed E-state index contributed by atoms with van der Waals surface area (Å²) in [5, 5.41) is 3.32. The molecule has 3 amide bonds. The molecule has 10 heteroatoms. The zero-order chi connectivity index (χ0) is 23.6. The Kier molecular flexibility index (Phi) is 6.33. The summed E-state index contributed by atoms with van der Waals surface area (Å²) >= 11 is 5.90. The Labute approximate surface area is 193 Å². The Morgan fingerprint density at radius 2 is 1.85 bits per heavy atom. The topological polar surface area (TPSA) is 84.7 Å². The van der Waals surface area contributed by atoms with Gasteiger partial charge in [0.05, 0.1) is 6.20 Å². The molecule has 1 aliphatic rings. The number of urea groups is 1. The summed E-state index contributed by atoms with van der Waals surface area (Å²) in [7, 11) is 0. The molecule has 0 radical (unpaired) electrons. The molecule has 1 N–H and O–H groups in total. The van der Waals surface area contributed by atoms with Crippen LogP contribution in [0, 0.1) is 0 Å². The van der Waals surface area contributed by atoms with Crippen molar-refractivity contribution >= 4 is 23.5 Å². The number of amides is 3. The maximum absolute atomic E-state index is 13.0. The summed E-state index contributed by atoms with van der Waals surface area (Å²) in [5.41, 5.74) is 0.477. The fraction of sp³-hybridized carbons (Fsp3) is 0.261. The molecule has 1 fully saturated rings. The molecule has 1 aliphatic heterocycles. The van der Waals surface area contributed by atoms with Crippen molar-refractivity contribution in [2.45, 2.75) is 38.5 Å². The van der Waals surface area contributed by atoms with E-state index < -0.39 is 24.1 Å². The van der Waals surface area contributed by atoms with Crippen LogP contribution in [0.3, 0.4) is 0 Å². The second-order valence-electron chi connectivity index (χ2n) is 7.80. The van der Waals surface area contributed by atoms with Gasteiger partial charge in [0.1, 0.15) is 17.8 Å². The third kappa shape index (κ3) is 5.14. The van der Waals surface area contributed by atoms with Gasteiger partial charge in [-0.05, 0) is 61.7 Å². The zero-order valence-corrected chi connectivity index (χ0v) is 18.3. The first kappa shape index (κ1) is 22.7. The Hall–Kier alpha value is -3.46. The molecule has 4 rings (SSSR count). The van der Waals surface area contributed by atoms with Crippen LogP contribution in [0.15, 0.2) is 59.1 Å². The fourth-order valence-electron chi connectivity index (χ4n) is 3.56. The van der Waals surface area contributed by atoms with Crippen molar-refractivity contribution in [2.24, 2.45) is 0 Å². The highest BCUT2D eigenvalue weighted by molar-refractivity contribution is 6.30. The molecule has 0 bridgehead atoms. The average molecular weight is 476 g/mol. The quantitative estimate of drug-likeness (QED) is 0.461. The van der Waals surface area contributed by atoms with Crippen LogP contribution in [0.2, 0.25) is 5.02 Å². The Bertz CT molecular complexity index is 1150. The smallest absolute Gasteiger partial charge is 0.387 e. The van der Waals surface area contributed by atoms with E-state index in [4.69, 9.17) is 16.0 Å². The number of ether oxygens (including phenoxy) is 1. The molecule has 2 heterocycles. The van der Waals surface area contributed by atoms with E-state index >= 15 is 0 Å². The van der Waals surface area contributed by atoms with Crippen LogP contribution in [0.4, 0.5) is 13.6 Å². The number of nitrogens with zero attached hydrogens (tertiary/aromatic N) is 2. The molecule has 7 nitrogen and oxygen atoms in total. The van der Waals surface area contributed by atoms with Gasteiger partial charge in [-0.25, -0.2) is 9.78 Å². The number of halogens is 3. The summed E-state index contributed by atoms with van der Waals surface area (Å²) in [6, 6.07) is 12.6. The summed E-state index contributed by atoms with van der Waals surface area (Å²) < 4.78 is 34.6. The van der Waals surface area contributed by atoms with E-state index in [1.165, 1.54) is 18.3 Å². The Morgan fingerprint density at radius 1 is 1.15 bits per heavy atom. The SMILES string of the molecule is CC1(CCc2ccc(OC(F)F)cc2)NC(=O)N(Cc2ncc(-c3ccc(Cl)cc3)o2)C1=O. The number of nitrogens with one attached hydrogen (secondary N) is 1. The van der Waals surface area contributed by atoms with Gasteiger partial charge in [-0.3, -0.25) is 9.69 Å². The fourth-order valence-corrected chi connectivity index (χ4v) is 3.68. The van der Waals surface area contributed by atoms with Crippen LogP contribution >= 0.6 is 11.6 Å². The van der Waals surface area contributed by atoms with E-state index in [1.807, 2.05) is 0 Å². The summed E-state index contributed by atoms with van der Waals surface area (Å²) in [4.78, 5) is 30.8. The molecule has 0 spiro atoms. The first-order valence-electron chi connectivity index (χ1n) is 10.1. The third-order valence-corrected chi connectivity index (χ3v) is 5.64. The monoisotopic (exact) mass is 475 g/mol. The average Bonchev–Trinajstić information content (AvgIpc) is 3.32. The number of imide groups is 1. The second-order valence-corrected chi connectivity index (χ2v) is 8.24.